The first-order valence-corrected chi connectivity index (χ1v) is 8.21. The largest absolute Gasteiger partial charge is 0.493 e. The summed E-state index contributed by atoms with van der Waals surface area (Å²) in [5.74, 6) is 0.155. The van der Waals surface area contributed by atoms with Gasteiger partial charge >= 0.3 is 12.0 Å². The van der Waals surface area contributed by atoms with Gasteiger partial charge in [-0.25, -0.2) is 4.79 Å². The summed E-state index contributed by atoms with van der Waals surface area (Å²) in [7, 11) is 3.06. The number of benzene rings is 1. The van der Waals surface area contributed by atoms with Crippen LogP contribution >= 0.6 is 0 Å². The number of methoxy groups -OCH3 is 2. The summed E-state index contributed by atoms with van der Waals surface area (Å²) in [6.45, 7) is 2.45. The van der Waals surface area contributed by atoms with Gasteiger partial charge in [-0.05, 0) is 19.1 Å². The van der Waals surface area contributed by atoms with E-state index in [9.17, 15) is 14.4 Å². The van der Waals surface area contributed by atoms with Crippen molar-refractivity contribution in [2.24, 2.45) is 0 Å². The van der Waals surface area contributed by atoms with E-state index in [0.717, 1.165) is 0 Å². The van der Waals surface area contributed by atoms with E-state index in [4.69, 9.17) is 14.2 Å². The third-order valence-electron chi connectivity index (χ3n) is 3.84. The molecule has 0 aliphatic carbocycles. The molecule has 9 nitrogen and oxygen atoms in total. The summed E-state index contributed by atoms with van der Waals surface area (Å²) in [5.41, 5.74) is 0.655. The van der Waals surface area contributed by atoms with E-state index in [0.29, 0.717) is 30.3 Å². The Morgan fingerprint density at radius 1 is 1.15 bits per heavy atom. The zero-order chi connectivity index (χ0) is 19.1. The first-order chi connectivity index (χ1) is 12.5. The van der Waals surface area contributed by atoms with Crippen molar-refractivity contribution in [3.8, 4) is 11.5 Å². The number of nitrogens with one attached hydrogen (secondary N) is 1. The lowest BCUT2D eigenvalue weighted by atomic mass is 10.2. The van der Waals surface area contributed by atoms with Crippen molar-refractivity contribution in [3.63, 3.8) is 0 Å². The van der Waals surface area contributed by atoms with Crippen LogP contribution in [0.5, 0.6) is 11.5 Å². The van der Waals surface area contributed by atoms with Crippen molar-refractivity contribution in [1.82, 2.24) is 10.2 Å². The smallest absolute Gasteiger partial charge is 0.325 e. The van der Waals surface area contributed by atoms with E-state index >= 15 is 0 Å². The average molecular weight is 365 g/mol. The van der Waals surface area contributed by atoms with Crippen LogP contribution in [0, 0.1) is 0 Å². The fraction of sp³-hybridized carbons (Fsp3) is 0.471. The summed E-state index contributed by atoms with van der Waals surface area (Å²) >= 11 is 0. The molecule has 0 bridgehead atoms. The molecule has 0 radical (unpaired) electrons. The molecule has 1 aromatic carbocycles. The fourth-order valence-corrected chi connectivity index (χ4v) is 2.57. The highest BCUT2D eigenvalue weighted by atomic mass is 16.5. The molecule has 1 saturated heterocycles. The molecule has 1 aliphatic rings. The Labute approximate surface area is 151 Å². The summed E-state index contributed by atoms with van der Waals surface area (Å²) in [6, 6.07) is 4.89. The predicted molar refractivity (Wildman–Crippen MR) is 93.5 cm³/mol. The molecule has 3 amide bonds. The Bertz CT molecular complexity index is 678. The van der Waals surface area contributed by atoms with Gasteiger partial charge in [-0.2, -0.15) is 0 Å². The first-order valence-electron chi connectivity index (χ1n) is 8.21. The van der Waals surface area contributed by atoms with E-state index in [1.165, 1.54) is 19.1 Å². The molecule has 142 valence electrons. The number of nitrogens with zero attached hydrogens (tertiary/aromatic N) is 2. The molecule has 1 fully saturated rings. The molecule has 0 unspecified atom stereocenters. The van der Waals surface area contributed by atoms with Crippen LogP contribution < -0.4 is 19.7 Å². The number of esters is 1. The van der Waals surface area contributed by atoms with E-state index in [1.54, 1.807) is 30.0 Å². The second-order valence-electron chi connectivity index (χ2n) is 5.48. The van der Waals surface area contributed by atoms with Gasteiger partial charge in [-0.1, -0.05) is 0 Å². The van der Waals surface area contributed by atoms with E-state index in [1.807, 2.05) is 0 Å². The average Bonchev–Trinajstić information content (AvgIpc) is 3.00. The molecule has 0 atom stereocenters. The number of urea groups is 1. The molecule has 9 heteroatoms. The zero-order valence-corrected chi connectivity index (χ0v) is 15.1. The second-order valence-corrected chi connectivity index (χ2v) is 5.48. The number of carbonyl (C=O) groups excluding carboxylic acids is 3. The molecule has 1 heterocycles. The Morgan fingerprint density at radius 3 is 2.54 bits per heavy atom. The lowest BCUT2D eigenvalue weighted by Crippen LogP contribution is -2.41. The van der Waals surface area contributed by atoms with Crippen LogP contribution in [0.3, 0.4) is 0 Å². The van der Waals surface area contributed by atoms with Gasteiger partial charge in [0.25, 0.3) is 0 Å². The minimum atomic E-state index is -0.513. The van der Waals surface area contributed by atoms with Crippen molar-refractivity contribution in [3.05, 3.63) is 18.2 Å². The summed E-state index contributed by atoms with van der Waals surface area (Å²) in [4.78, 5) is 38.7. The molecule has 26 heavy (non-hydrogen) atoms. The topological polar surface area (TPSA) is 97.4 Å². The number of hydrogen-bond donors (Lipinski definition) is 1. The van der Waals surface area contributed by atoms with Gasteiger partial charge in [-0.15, -0.1) is 0 Å². The van der Waals surface area contributed by atoms with Crippen LogP contribution in [0.15, 0.2) is 18.2 Å². The summed E-state index contributed by atoms with van der Waals surface area (Å²) in [5, 5.41) is 2.44. The van der Waals surface area contributed by atoms with Crippen LogP contribution in [-0.4, -0.2) is 69.8 Å². The number of amides is 3. The number of hydrogen-bond acceptors (Lipinski definition) is 6. The maximum atomic E-state index is 12.5. The summed E-state index contributed by atoms with van der Waals surface area (Å²) in [6.07, 6.45) is 0. The van der Waals surface area contributed by atoms with Gasteiger partial charge in [0, 0.05) is 24.8 Å². The highest BCUT2D eigenvalue weighted by Gasteiger charge is 2.31. The SMILES string of the molecule is CCOC(=O)CNC(=O)CN1CCN(c2ccc(OC)c(OC)c2)C1=O. The highest BCUT2D eigenvalue weighted by Crippen LogP contribution is 2.32. The second kappa shape index (κ2) is 8.93. The third-order valence-corrected chi connectivity index (χ3v) is 3.84. The molecule has 0 saturated carbocycles. The monoisotopic (exact) mass is 365 g/mol. The number of ether oxygens (including phenoxy) is 3. The Kier molecular flexibility index (Phi) is 6.65. The normalized spacial score (nSPS) is 13.6. The van der Waals surface area contributed by atoms with E-state index in [-0.39, 0.29) is 25.7 Å². The third kappa shape index (κ3) is 4.56. The molecule has 1 aliphatic heterocycles. The Morgan fingerprint density at radius 2 is 1.88 bits per heavy atom. The minimum absolute atomic E-state index is 0.123. The number of rotatable bonds is 8. The minimum Gasteiger partial charge on any atom is -0.493 e. The maximum absolute atomic E-state index is 12.5. The van der Waals surface area contributed by atoms with Gasteiger partial charge in [0.2, 0.25) is 5.91 Å². The van der Waals surface area contributed by atoms with Gasteiger partial charge in [0.15, 0.2) is 11.5 Å². The molecule has 0 aromatic heterocycles. The number of carbonyl (C=O) groups is 3. The lowest BCUT2D eigenvalue weighted by Gasteiger charge is -2.19. The van der Waals surface area contributed by atoms with Crippen molar-refractivity contribution in [2.45, 2.75) is 6.92 Å². The maximum Gasteiger partial charge on any atom is 0.325 e. The van der Waals surface area contributed by atoms with Crippen molar-refractivity contribution in [1.29, 1.82) is 0 Å². The molecule has 0 spiro atoms. The van der Waals surface area contributed by atoms with Gasteiger partial charge in [0.05, 0.1) is 20.8 Å². The van der Waals surface area contributed by atoms with Crippen molar-refractivity contribution >= 4 is 23.6 Å². The lowest BCUT2D eigenvalue weighted by molar-refractivity contribution is -0.143. The van der Waals surface area contributed by atoms with Crippen LogP contribution in [0.25, 0.3) is 0 Å². The molecular formula is C17H23N3O6. The zero-order valence-electron chi connectivity index (χ0n) is 15.1. The van der Waals surface area contributed by atoms with Crippen LogP contribution in [0.4, 0.5) is 10.5 Å². The van der Waals surface area contributed by atoms with Crippen LogP contribution in [0.2, 0.25) is 0 Å². The number of anilines is 1. The van der Waals surface area contributed by atoms with E-state index < -0.39 is 11.9 Å². The van der Waals surface area contributed by atoms with Gasteiger partial charge < -0.3 is 24.4 Å². The van der Waals surface area contributed by atoms with Crippen molar-refractivity contribution in [2.75, 3.05) is 51.9 Å². The Hall–Kier alpha value is -2.97. The standard InChI is InChI=1S/C17H23N3O6/c1-4-26-16(22)10-18-15(21)11-19-7-8-20(17(19)23)12-5-6-13(24-2)14(9-12)25-3/h5-6,9H,4,7-8,10-11H2,1-3H3,(H,18,21). The van der Waals surface area contributed by atoms with Gasteiger partial charge in [-0.3, -0.25) is 14.5 Å². The van der Waals surface area contributed by atoms with Crippen LogP contribution in [-0.2, 0) is 14.3 Å². The first kappa shape index (κ1) is 19.4. The molecular weight excluding hydrogens is 342 g/mol. The quantitative estimate of drug-likeness (QED) is 0.679. The molecule has 1 aromatic rings. The Balaban J connectivity index is 1.95. The highest BCUT2D eigenvalue weighted by molar-refractivity contribution is 5.97. The van der Waals surface area contributed by atoms with Crippen molar-refractivity contribution < 1.29 is 28.6 Å². The van der Waals surface area contributed by atoms with E-state index in [2.05, 4.69) is 5.32 Å². The van der Waals surface area contributed by atoms with Crippen LogP contribution in [0.1, 0.15) is 6.92 Å². The predicted octanol–water partition coefficient (Wildman–Crippen LogP) is 0.625. The summed E-state index contributed by atoms with van der Waals surface area (Å²) < 4.78 is 15.2. The molecule has 2 rings (SSSR count). The van der Waals surface area contributed by atoms with Gasteiger partial charge in [0.1, 0.15) is 13.1 Å². The fourth-order valence-electron chi connectivity index (χ4n) is 2.57. The molecule has 1 N–H and O–H groups in total.